The summed E-state index contributed by atoms with van der Waals surface area (Å²) in [6.07, 6.45) is 4.09. The number of sulfonamides is 1. The molecular weight excluding hydrogens is 629 g/mol. The van der Waals surface area contributed by atoms with Gasteiger partial charge in [-0.2, -0.15) is 0 Å². The summed E-state index contributed by atoms with van der Waals surface area (Å²) in [7, 11) is -4.28. The van der Waals surface area contributed by atoms with Crippen molar-refractivity contribution in [3.8, 4) is 0 Å². The molecule has 4 aromatic rings. The highest BCUT2D eigenvalue weighted by Gasteiger charge is 2.36. The summed E-state index contributed by atoms with van der Waals surface area (Å²) in [4.78, 5) is 30.1. The Morgan fingerprint density at radius 1 is 0.778 bits per heavy atom. The zero-order valence-corrected chi connectivity index (χ0v) is 27.0. The first kappa shape index (κ1) is 32.5. The summed E-state index contributed by atoms with van der Waals surface area (Å²) >= 11 is 12.9. The molecule has 0 radical (unpaired) electrons. The first-order valence-corrected chi connectivity index (χ1v) is 17.1. The molecule has 0 aromatic heterocycles. The van der Waals surface area contributed by atoms with Crippen molar-refractivity contribution in [3.05, 3.63) is 130 Å². The van der Waals surface area contributed by atoms with Gasteiger partial charge in [-0.05, 0) is 48.2 Å². The van der Waals surface area contributed by atoms with Gasteiger partial charge in [0, 0.05) is 19.0 Å². The average molecular weight is 665 g/mol. The predicted molar refractivity (Wildman–Crippen MR) is 179 cm³/mol. The van der Waals surface area contributed by atoms with Gasteiger partial charge in [0.1, 0.15) is 12.6 Å². The number of hydrogen-bond donors (Lipinski definition) is 1. The Balaban J connectivity index is 1.57. The molecule has 0 unspecified atom stereocenters. The quantitative estimate of drug-likeness (QED) is 0.179. The second kappa shape index (κ2) is 15.0. The van der Waals surface area contributed by atoms with Crippen molar-refractivity contribution in [2.24, 2.45) is 0 Å². The van der Waals surface area contributed by atoms with Crippen molar-refractivity contribution in [2.45, 2.75) is 55.6 Å². The maximum Gasteiger partial charge on any atom is 0.264 e. The fraction of sp³-hybridized carbons (Fsp3) is 0.257. The minimum Gasteiger partial charge on any atom is -0.352 e. The second-order valence-electron chi connectivity index (χ2n) is 11.1. The van der Waals surface area contributed by atoms with Gasteiger partial charge < -0.3 is 10.2 Å². The molecule has 234 valence electrons. The minimum atomic E-state index is -4.28. The molecule has 1 N–H and O–H groups in total. The molecule has 5 rings (SSSR count). The molecule has 0 aliphatic heterocycles. The predicted octanol–water partition coefficient (Wildman–Crippen LogP) is 6.89. The molecule has 0 saturated heterocycles. The van der Waals surface area contributed by atoms with Crippen LogP contribution in [-0.4, -0.2) is 43.8 Å². The lowest BCUT2D eigenvalue weighted by Crippen LogP contribution is -2.54. The van der Waals surface area contributed by atoms with E-state index in [4.69, 9.17) is 23.2 Å². The molecule has 4 aromatic carbocycles. The second-order valence-corrected chi connectivity index (χ2v) is 13.7. The first-order valence-electron chi connectivity index (χ1n) is 14.9. The summed E-state index contributed by atoms with van der Waals surface area (Å²) in [5.41, 5.74) is 1.74. The number of amides is 2. The average Bonchev–Trinajstić information content (AvgIpc) is 3.57. The van der Waals surface area contributed by atoms with Crippen molar-refractivity contribution in [1.29, 1.82) is 0 Å². The molecule has 0 bridgehead atoms. The number of benzene rings is 4. The Morgan fingerprint density at radius 3 is 1.98 bits per heavy atom. The molecule has 10 heteroatoms. The van der Waals surface area contributed by atoms with Crippen LogP contribution in [-0.2, 0) is 32.6 Å². The van der Waals surface area contributed by atoms with E-state index in [1.54, 1.807) is 30.3 Å². The SMILES string of the molecule is O=C(NC1CCCC1)[C@@H](Cc1ccccc1)N(Cc1ccccc1)C(=O)CN(c1cccc(Cl)c1Cl)S(=O)(=O)c1ccccc1. The van der Waals surface area contributed by atoms with Gasteiger partial charge in [0.2, 0.25) is 11.8 Å². The Labute approximate surface area is 274 Å². The van der Waals surface area contributed by atoms with Gasteiger partial charge >= 0.3 is 0 Å². The number of nitrogens with one attached hydrogen (secondary N) is 1. The lowest BCUT2D eigenvalue weighted by atomic mass is 10.0. The fourth-order valence-electron chi connectivity index (χ4n) is 5.62. The van der Waals surface area contributed by atoms with Crippen LogP contribution < -0.4 is 9.62 Å². The van der Waals surface area contributed by atoms with Gasteiger partial charge in [0.25, 0.3) is 10.0 Å². The van der Waals surface area contributed by atoms with Gasteiger partial charge in [-0.15, -0.1) is 0 Å². The number of halogens is 2. The highest BCUT2D eigenvalue weighted by atomic mass is 35.5. The van der Waals surface area contributed by atoms with E-state index in [0.29, 0.717) is 0 Å². The molecule has 1 atom stereocenters. The Morgan fingerprint density at radius 2 is 1.36 bits per heavy atom. The summed E-state index contributed by atoms with van der Waals surface area (Å²) in [5, 5.41) is 3.32. The number of carbonyl (C=O) groups is 2. The summed E-state index contributed by atoms with van der Waals surface area (Å²) < 4.78 is 29.2. The smallest absolute Gasteiger partial charge is 0.264 e. The van der Waals surface area contributed by atoms with Gasteiger partial charge in [-0.25, -0.2) is 8.42 Å². The van der Waals surface area contributed by atoms with E-state index in [1.165, 1.54) is 23.1 Å². The molecule has 45 heavy (non-hydrogen) atoms. The summed E-state index contributed by atoms with van der Waals surface area (Å²) in [6.45, 7) is -0.510. The van der Waals surface area contributed by atoms with Crippen molar-refractivity contribution in [1.82, 2.24) is 10.2 Å². The lowest BCUT2D eigenvalue weighted by Gasteiger charge is -2.34. The van der Waals surface area contributed by atoms with Gasteiger partial charge in [-0.3, -0.25) is 13.9 Å². The normalized spacial score (nSPS) is 14.1. The van der Waals surface area contributed by atoms with Gasteiger partial charge in [0.15, 0.2) is 0 Å². The zero-order valence-electron chi connectivity index (χ0n) is 24.7. The van der Waals surface area contributed by atoms with E-state index < -0.39 is 28.5 Å². The van der Waals surface area contributed by atoms with Crippen LogP contribution in [0.2, 0.25) is 10.0 Å². The van der Waals surface area contributed by atoms with Crippen molar-refractivity contribution >= 4 is 50.7 Å². The molecular formula is C35H35Cl2N3O4S. The van der Waals surface area contributed by atoms with Crippen LogP contribution in [0, 0.1) is 0 Å². The van der Waals surface area contributed by atoms with E-state index in [9.17, 15) is 18.0 Å². The third kappa shape index (κ3) is 8.06. The van der Waals surface area contributed by atoms with Crippen LogP contribution in [0.4, 0.5) is 5.69 Å². The topological polar surface area (TPSA) is 86.8 Å². The van der Waals surface area contributed by atoms with Gasteiger partial charge in [0.05, 0.1) is 20.6 Å². The maximum absolute atomic E-state index is 14.5. The fourth-order valence-corrected chi connectivity index (χ4v) is 7.51. The van der Waals surface area contributed by atoms with Crippen LogP contribution >= 0.6 is 23.2 Å². The molecule has 1 saturated carbocycles. The Hall–Kier alpha value is -3.85. The van der Waals surface area contributed by atoms with Crippen molar-refractivity contribution in [2.75, 3.05) is 10.8 Å². The Kier molecular flexibility index (Phi) is 10.8. The third-order valence-corrected chi connectivity index (χ3v) is 10.6. The number of anilines is 1. The molecule has 1 fully saturated rings. The summed E-state index contributed by atoms with van der Waals surface area (Å²) in [6, 6.07) is 30.5. The van der Waals surface area contributed by atoms with Crippen molar-refractivity contribution in [3.63, 3.8) is 0 Å². The molecule has 1 aliphatic rings. The first-order chi connectivity index (χ1) is 21.7. The van der Waals surface area contributed by atoms with Crippen LogP contribution in [0.1, 0.15) is 36.8 Å². The molecule has 1 aliphatic carbocycles. The van der Waals surface area contributed by atoms with E-state index in [1.807, 2.05) is 60.7 Å². The highest BCUT2D eigenvalue weighted by molar-refractivity contribution is 7.92. The van der Waals surface area contributed by atoms with Crippen molar-refractivity contribution < 1.29 is 18.0 Å². The van der Waals surface area contributed by atoms with E-state index in [0.717, 1.165) is 41.1 Å². The highest BCUT2D eigenvalue weighted by Crippen LogP contribution is 2.35. The largest absolute Gasteiger partial charge is 0.352 e. The minimum absolute atomic E-state index is 0.000828. The van der Waals surface area contributed by atoms with E-state index >= 15 is 0 Å². The molecule has 0 spiro atoms. The standard InChI is InChI=1S/C35H35Cl2N3O4S/c36-30-21-12-22-31(34(30)37)40(45(43,44)29-19-8-3-9-20-29)25-33(41)39(24-27-15-6-2-7-16-27)32(23-26-13-4-1-5-14-26)35(42)38-28-17-10-11-18-28/h1-9,12-16,19-22,28,32H,10-11,17-18,23-25H2,(H,38,42)/t32-/m1/s1. The third-order valence-electron chi connectivity index (χ3n) is 7.98. The molecule has 2 amide bonds. The lowest BCUT2D eigenvalue weighted by molar-refractivity contribution is -0.140. The Bertz CT molecular complexity index is 1700. The summed E-state index contributed by atoms with van der Waals surface area (Å²) in [5.74, 6) is -0.829. The maximum atomic E-state index is 14.5. The zero-order chi connectivity index (χ0) is 31.8. The van der Waals surface area contributed by atoms with E-state index in [-0.39, 0.29) is 45.5 Å². The number of carbonyl (C=O) groups excluding carboxylic acids is 2. The molecule has 0 heterocycles. The van der Waals surface area contributed by atoms with Crippen LogP contribution in [0.3, 0.4) is 0 Å². The van der Waals surface area contributed by atoms with Crippen LogP contribution in [0.5, 0.6) is 0 Å². The monoisotopic (exact) mass is 663 g/mol. The van der Waals surface area contributed by atoms with Crippen LogP contribution in [0.25, 0.3) is 0 Å². The number of hydrogen-bond acceptors (Lipinski definition) is 4. The van der Waals surface area contributed by atoms with E-state index in [2.05, 4.69) is 5.32 Å². The van der Waals surface area contributed by atoms with Gasteiger partial charge in [-0.1, -0.05) is 121 Å². The molecule has 7 nitrogen and oxygen atoms in total. The number of rotatable bonds is 12. The number of nitrogens with zero attached hydrogens (tertiary/aromatic N) is 2. The van der Waals surface area contributed by atoms with Crippen LogP contribution in [0.15, 0.2) is 114 Å².